The van der Waals surface area contributed by atoms with Crippen molar-refractivity contribution in [1.29, 1.82) is 0 Å². The van der Waals surface area contributed by atoms with E-state index in [0.717, 1.165) is 12.1 Å². The van der Waals surface area contributed by atoms with Gasteiger partial charge < -0.3 is 0 Å². The molecule has 0 aliphatic heterocycles. The Morgan fingerprint density at radius 1 is 1.03 bits per heavy atom. The summed E-state index contributed by atoms with van der Waals surface area (Å²) in [7, 11) is -4.42. The molecule has 0 spiro atoms. The van der Waals surface area contributed by atoms with Crippen molar-refractivity contribution >= 4 is 44.5 Å². The summed E-state index contributed by atoms with van der Waals surface area (Å²) in [6.45, 7) is 3.94. The molecule has 2 aromatic carbocycles. The van der Waals surface area contributed by atoms with Crippen molar-refractivity contribution in [2.75, 3.05) is 4.72 Å². The van der Waals surface area contributed by atoms with E-state index in [4.69, 9.17) is 23.2 Å². The molecule has 0 aliphatic rings. The van der Waals surface area contributed by atoms with E-state index in [1.807, 2.05) is 0 Å². The lowest BCUT2D eigenvalue weighted by Crippen LogP contribution is -2.16. The fraction of sp³-hybridized carbons (Fsp3) is 0.0500. The fourth-order valence-electron chi connectivity index (χ4n) is 2.63. The Labute approximate surface area is 181 Å². The maximum absolute atomic E-state index is 13.1. The Kier molecular flexibility index (Phi) is 6.12. The minimum Gasteiger partial charge on any atom is -0.277 e. The van der Waals surface area contributed by atoms with Gasteiger partial charge in [0, 0.05) is 11.8 Å². The predicted octanol–water partition coefficient (Wildman–Crippen LogP) is 6.27. The molecular formula is C20H13Cl2F3N2O2S. The summed E-state index contributed by atoms with van der Waals surface area (Å²) in [4.78, 5) is 3.53. The van der Waals surface area contributed by atoms with E-state index in [1.54, 1.807) is 30.3 Å². The average Bonchev–Trinajstić information content (AvgIpc) is 2.67. The van der Waals surface area contributed by atoms with Crippen LogP contribution in [0.4, 0.5) is 18.9 Å². The number of nitrogens with zero attached hydrogens (tertiary/aromatic N) is 1. The predicted molar refractivity (Wildman–Crippen MR) is 111 cm³/mol. The highest BCUT2D eigenvalue weighted by Gasteiger charge is 2.34. The quantitative estimate of drug-likeness (QED) is 0.475. The molecule has 0 saturated carbocycles. The molecule has 156 valence electrons. The zero-order chi connectivity index (χ0) is 22.1. The van der Waals surface area contributed by atoms with Gasteiger partial charge in [0.15, 0.2) is 0 Å². The number of sulfonamides is 1. The maximum Gasteiger partial charge on any atom is 0.417 e. The van der Waals surface area contributed by atoms with Gasteiger partial charge in [-0.1, -0.05) is 60.1 Å². The minimum absolute atomic E-state index is 0.0279. The highest BCUT2D eigenvalue weighted by molar-refractivity contribution is 7.92. The number of alkyl halides is 3. The molecule has 1 N–H and O–H groups in total. The van der Waals surface area contributed by atoms with E-state index in [-0.39, 0.29) is 16.4 Å². The first-order chi connectivity index (χ1) is 14.0. The Bertz CT molecular complexity index is 1210. The number of hydrogen-bond donors (Lipinski definition) is 1. The van der Waals surface area contributed by atoms with Gasteiger partial charge in [-0.2, -0.15) is 13.2 Å². The van der Waals surface area contributed by atoms with E-state index in [1.165, 1.54) is 12.3 Å². The fourth-order valence-corrected chi connectivity index (χ4v) is 4.09. The highest BCUT2D eigenvalue weighted by atomic mass is 35.5. The van der Waals surface area contributed by atoms with Gasteiger partial charge >= 0.3 is 6.18 Å². The first kappa shape index (κ1) is 22.1. The summed E-state index contributed by atoms with van der Waals surface area (Å²) >= 11 is 11.5. The summed E-state index contributed by atoms with van der Waals surface area (Å²) < 4.78 is 67.2. The number of hydrogen-bond acceptors (Lipinski definition) is 3. The molecule has 10 heteroatoms. The zero-order valence-corrected chi connectivity index (χ0v) is 17.4. The van der Waals surface area contributed by atoms with Crippen molar-refractivity contribution in [3.63, 3.8) is 0 Å². The van der Waals surface area contributed by atoms with Crippen LogP contribution in [0.15, 0.2) is 72.3 Å². The van der Waals surface area contributed by atoms with Crippen LogP contribution in [0.3, 0.4) is 0 Å². The van der Waals surface area contributed by atoms with Crippen molar-refractivity contribution in [3.05, 3.63) is 94.2 Å². The summed E-state index contributed by atoms with van der Waals surface area (Å²) in [6.07, 6.45) is -3.50. The molecule has 1 heterocycles. The topological polar surface area (TPSA) is 59.1 Å². The molecule has 0 aliphatic carbocycles. The number of pyridine rings is 1. The first-order valence-corrected chi connectivity index (χ1v) is 10.5. The average molecular weight is 473 g/mol. The van der Waals surface area contributed by atoms with Crippen LogP contribution in [0.25, 0.3) is 5.57 Å². The number of anilines is 1. The Hall–Kier alpha value is -2.55. The van der Waals surface area contributed by atoms with Crippen LogP contribution >= 0.6 is 23.2 Å². The minimum atomic E-state index is -4.81. The Morgan fingerprint density at radius 2 is 1.70 bits per heavy atom. The molecule has 3 aromatic rings. The number of benzene rings is 2. The third kappa shape index (κ3) is 4.77. The van der Waals surface area contributed by atoms with Crippen LogP contribution in [0.5, 0.6) is 0 Å². The van der Waals surface area contributed by atoms with Crippen LogP contribution in [0.1, 0.15) is 16.8 Å². The normalized spacial score (nSPS) is 11.9. The van der Waals surface area contributed by atoms with E-state index in [0.29, 0.717) is 17.2 Å². The number of nitrogens with one attached hydrogen (secondary N) is 1. The first-order valence-electron chi connectivity index (χ1n) is 8.29. The molecule has 0 amide bonds. The van der Waals surface area contributed by atoms with Crippen LogP contribution < -0.4 is 4.72 Å². The second-order valence-electron chi connectivity index (χ2n) is 6.14. The largest absolute Gasteiger partial charge is 0.417 e. The van der Waals surface area contributed by atoms with Crippen molar-refractivity contribution in [2.24, 2.45) is 0 Å². The van der Waals surface area contributed by atoms with Gasteiger partial charge in [-0.15, -0.1) is 0 Å². The molecule has 0 bridgehead atoms. The number of halogens is 5. The lowest BCUT2D eigenvalue weighted by atomic mass is 10.0. The van der Waals surface area contributed by atoms with Gasteiger partial charge in [-0.3, -0.25) is 9.71 Å². The lowest BCUT2D eigenvalue weighted by Gasteiger charge is -2.15. The number of aromatic nitrogens is 1. The summed E-state index contributed by atoms with van der Waals surface area (Å²) in [5.41, 5.74) is -0.0279. The van der Waals surface area contributed by atoms with E-state index in [9.17, 15) is 21.6 Å². The lowest BCUT2D eigenvalue weighted by molar-refractivity contribution is -0.137. The molecule has 0 saturated heterocycles. The van der Waals surface area contributed by atoms with E-state index in [2.05, 4.69) is 16.3 Å². The van der Waals surface area contributed by atoms with E-state index >= 15 is 0 Å². The molecule has 0 fully saturated rings. The molecule has 3 rings (SSSR count). The molecule has 1 aromatic heterocycles. The molecule has 0 atom stereocenters. The monoisotopic (exact) mass is 472 g/mol. The van der Waals surface area contributed by atoms with Crippen LogP contribution in [0, 0.1) is 0 Å². The van der Waals surface area contributed by atoms with Crippen molar-refractivity contribution in [3.8, 4) is 0 Å². The summed E-state index contributed by atoms with van der Waals surface area (Å²) in [5, 5.41) is -0.478. The van der Waals surface area contributed by atoms with Gasteiger partial charge in [-0.05, 0) is 29.8 Å². The smallest absolute Gasteiger partial charge is 0.277 e. The van der Waals surface area contributed by atoms with Gasteiger partial charge in [0.25, 0.3) is 10.0 Å². The van der Waals surface area contributed by atoms with E-state index < -0.39 is 31.7 Å². The highest BCUT2D eigenvalue weighted by Crippen LogP contribution is 2.36. The second-order valence-corrected chi connectivity index (χ2v) is 8.67. The van der Waals surface area contributed by atoms with Gasteiger partial charge in [-0.25, -0.2) is 8.42 Å². The Morgan fingerprint density at radius 3 is 2.33 bits per heavy atom. The molecule has 0 unspecified atom stereocenters. The third-order valence-electron chi connectivity index (χ3n) is 4.06. The summed E-state index contributed by atoms with van der Waals surface area (Å²) in [6, 6.07) is 12.5. The molecule has 0 radical (unpaired) electrons. The third-order valence-corrected chi connectivity index (χ3v) is 5.96. The van der Waals surface area contributed by atoms with Crippen LogP contribution in [-0.4, -0.2) is 13.4 Å². The van der Waals surface area contributed by atoms with Crippen molar-refractivity contribution < 1.29 is 21.6 Å². The van der Waals surface area contributed by atoms with Crippen molar-refractivity contribution in [2.45, 2.75) is 11.1 Å². The Balaban J connectivity index is 2.04. The summed E-state index contributed by atoms with van der Waals surface area (Å²) in [5.74, 6) is 0. The SMILES string of the molecule is C=C(c1ccccc1)c1ncc(Cl)cc1NS(=O)(=O)c1ccc(Cl)c(C(F)(F)F)c1. The van der Waals surface area contributed by atoms with Gasteiger partial charge in [0.2, 0.25) is 0 Å². The van der Waals surface area contributed by atoms with Gasteiger partial charge in [0.05, 0.1) is 31.9 Å². The maximum atomic E-state index is 13.1. The molecule has 4 nitrogen and oxygen atoms in total. The standard InChI is InChI=1S/C20H13Cl2F3N2O2S/c1-12(13-5-3-2-4-6-13)19-18(9-14(21)11-26-19)27-30(28,29)15-7-8-17(22)16(10-15)20(23,24)25/h2-11,27H,1H2. The number of rotatable bonds is 5. The van der Waals surface area contributed by atoms with Crippen LogP contribution in [-0.2, 0) is 16.2 Å². The zero-order valence-electron chi connectivity index (χ0n) is 15.0. The van der Waals surface area contributed by atoms with Crippen LogP contribution in [0.2, 0.25) is 10.0 Å². The van der Waals surface area contributed by atoms with Gasteiger partial charge in [0.1, 0.15) is 0 Å². The van der Waals surface area contributed by atoms with Crippen molar-refractivity contribution in [1.82, 2.24) is 4.98 Å². The molecular weight excluding hydrogens is 460 g/mol. The second kappa shape index (κ2) is 8.29. The molecule has 30 heavy (non-hydrogen) atoms.